The summed E-state index contributed by atoms with van der Waals surface area (Å²) in [4.78, 5) is 176. The number of nitrogens with zero attached hydrogens (tertiary/aromatic N) is 8. The van der Waals surface area contributed by atoms with Gasteiger partial charge >= 0.3 is 163 Å². The van der Waals surface area contributed by atoms with Crippen molar-refractivity contribution in [3.05, 3.63) is 64.0 Å². The van der Waals surface area contributed by atoms with Crippen molar-refractivity contribution in [2.24, 2.45) is 0 Å². The number of anilines is 4. The number of rotatable bonds is 32. The van der Waals surface area contributed by atoms with Crippen LogP contribution in [-0.4, -0.2) is 322 Å². The zero-order valence-electron chi connectivity index (χ0n) is 48.6. The van der Waals surface area contributed by atoms with Crippen molar-refractivity contribution < 1.29 is 180 Å². The van der Waals surface area contributed by atoms with Crippen molar-refractivity contribution >= 4 is 252 Å². The van der Waals surface area contributed by atoms with Crippen LogP contribution in [0.1, 0.15) is 83.2 Å². The molecule has 98 heavy (non-hydrogen) atoms. The number of carboxylic acids is 16. The largest absolute Gasteiger partial charge is 2.00 e. The molecule has 50 heteroatoms. The monoisotopic (exact) mass is 1610 g/mol. The summed E-state index contributed by atoms with van der Waals surface area (Å²) in [6, 6.07) is 6.40. The average molecular weight is 1610 g/mol. The van der Waals surface area contributed by atoms with Gasteiger partial charge in [-0.15, -0.1) is 45.3 Å². The Labute approximate surface area is 632 Å². The van der Waals surface area contributed by atoms with E-state index >= 15 is 0 Å². The summed E-state index contributed by atoms with van der Waals surface area (Å²) in [5.74, 6) is -23.8. The first-order chi connectivity index (χ1) is 42.7. The predicted octanol–water partition coefficient (Wildman–Crippen LogP) is -9.72. The number of nitriles is 4. The molecule has 0 saturated heterocycles. The number of aliphatic carboxylic acids is 12. The van der Waals surface area contributed by atoms with Crippen molar-refractivity contribution in [3.8, 4) is 24.3 Å². The molecule has 0 aliphatic heterocycles. The van der Waals surface area contributed by atoms with Crippen LogP contribution in [0.4, 0.5) is 20.0 Å². The van der Waals surface area contributed by atoms with E-state index in [0.29, 0.717) is 45.3 Å². The van der Waals surface area contributed by atoms with Crippen LogP contribution in [0.5, 0.6) is 0 Å². The third-order valence-electron chi connectivity index (χ3n) is 10.2. The fourth-order valence-corrected chi connectivity index (χ4v) is 11.6. The summed E-state index contributed by atoms with van der Waals surface area (Å²) < 4.78 is 0. The molecule has 0 atom stereocenters. The van der Waals surface area contributed by atoms with Crippen molar-refractivity contribution in [1.82, 2.24) is 0 Å². The van der Waals surface area contributed by atoms with E-state index in [2.05, 4.69) is 0 Å². The summed E-state index contributed by atoms with van der Waals surface area (Å²) in [6.45, 7) is -6.40. The van der Waals surface area contributed by atoms with Crippen molar-refractivity contribution in [1.29, 1.82) is 21.0 Å². The van der Waals surface area contributed by atoms with E-state index in [1.54, 1.807) is 24.3 Å². The Kier molecular flexibility index (Phi) is 47.1. The zero-order chi connectivity index (χ0) is 70.9. The first-order valence-corrected chi connectivity index (χ1v) is 26.6. The third-order valence-corrected chi connectivity index (χ3v) is 15.3. The van der Waals surface area contributed by atoms with Crippen LogP contribution in [-0.2, 0) is 83.2 Å². The Morgan fingerprint density at radius 3 is 0.490 bits per heavy atom. The van der Waals surface area contributed by atoms with Crippen LogP contribution in [0.15, 0.2) is 0 Å². The Hall–Kier alpha value is -9.72. The molecule has 4 aromatic rings. The fraction of sp³-hybridized carbons (Fsp3) is 0.250. The maximum Gasteiger partial charge on any atom is 2.00 e. The number of carbonyl (C=O) groups is 16. The second-order valence-electron chi connectivity index (χ2n) is 16.8. The SMILES string of the molecule is N#Cc1c(N(CC(=O)O)CC(=O)O)sc(C(=O)O)c1CC(=O)[O-].N#Cc1c(N(CC(=O)O)CC(=O)O)sc(C(=O)O)c1CC(=O)[O-].N#Cc1c(N(CC(=O)O)CC(=O)O)sc(C(=O)O)c1CC(=O)[O-].N#Cc1c(N(CC(=O)O)CC(=O)O)sc(C(=O)O)c1CC(=O)[O-].O.O.O.O.[Sr+2].[Sr+2]. The molecule has 0 spiro atoms. The number of thiophene rings is 4. The minimum atomic E-state index is -1.63. The summed E-state index contributed by atoms with van der Waals surface area (Å²) >= 11 is 1.76. The Balaban J connectivity index is -0.000000282. The molecule has 4 aromatic heterocycles. The van der Waals surface area contributed by atoms with Crippen LogP contribution < -0.4 is 40.0 Å². The van der Waals surface area contributed by atoms with Crippen molar-refractivity contribution in [3.63, 3.8) is 0 Å². The maximum atomic E-state index is 11.2. The molecule has 0 fully saturated rings. The molecule has 0 saturated carbocycles. The molecule has 0 radical (unpaired) electrons. The van der Waals surface area contributed by atoms with E-state index in [1.165, 1.54) is 0 Å². The maximum absolute atomic E-state index is 11.2. The topological polar surface area (TPSA) is 842 Å². The number of hydrogen-bond donors (Lipinski definition) is 12. The molecule has 44 nitrogen and oxygen atoms in total. The van der Waals surface area contributed by atoms with E-state index < -0.39 is 193 Å². The minimum absolute atomic E-state index is 0. The number of hydrogen-bond acceptors (Lipinski definition) is 32. The number of carbonyl (C=O) groups excluding carboxylic acids is 4. The van der Waals surface area contributed by atoms with Crippen molar-refractivity contribution in [2.45, 2.75) is 25.7 Å². The molecule has 4 rings (SSSR count). The van der Waals surface area contributed by atoms with E-state index in [1.807, 2.05) is 0 Å². The molecular weight excluding hydrogens is 1570 g/mol. The second-order valence-corrected chi connectivity index (χ2v) is 20.8. The zero-order valence-corrected chi connectivity index (χ0v) is 58.9. The average Bonchev–Trinajstić information content (AvgIpc) is 1.67. The quantitative estimate of drug-likeness (QED) is 0.0202. The summed E-state index contributed by atoms with van der Waals surface area (Å²) in [6.07, 6.45) is -3.46. The molecule has 20 N–H and O–H groups in total. The molecule has 0 aromatic carbocycles. The van der Waals surface area contributed by atoms with E-state index in [-0.39, 0.29) is 177 Å². The van der Waals surface area contributed by atoms with E-state index in [0.717, 1.165) is 19.6 Å². The number of carboxylic acid groups (broad SMARTS) is 16. The van der Waals surface area contributed by atoms with E-state index in [9.17, 15) is 97.1 Å². The Bertz CT molecular complexity index is 3310. The first kappa shape index (κ1) is 99.3. The summed E-state index contributed by atoms with van der Waals surface area (Å²) in [5, 5.41) is 186. The Morgan fingerprint density at radius 1 is 0.286 bits per heavy atom. The molecule has 0 amide bonds. The normalized spacial score (nSPS) is 9.27. The van der Waals surface area contributed by atoms with Gasteiger partial charge in [-0.05, 0) is 0 Å². The third kappa shape index (κ3) is 31.0. The van der Waals surface area contributed by atoms with Gasteiger partial charge in [-0.25, -0.2) is 19.2 Å². The molecule has 520 valence electrons. The van der Waals surface area contributed by atoms with Gasteiger partial charge < -0.3 is 142 Å². The number of aromatic carboxylic acids is 4. The molecule has 0 aliphatic carbocycles. The van der Waals surface area contributed by atoms with Gasteiger partial charge in [0, 0.05) is 71.8 Å². The van der Waals surface area contributed by atoms with Gasteiger partial charge in [0.15, 0.2) is 0 Å². The molecular formula is C48H44N8O36S4Sr2. The van der Waals surface area contributed by atoms with Gasteiger partial charge in [0.25, 0.3) is 0 Å². The van der Waals surface area contributed by atoms with Crippen LogP contribution in [0.2, 0.25) is 0 Å². The van der Waals surface area contributed by atoms with Gasteiger partial charge in [0.1, 0.15) is 116 Å². The van der Waals surface area contributed by atoms with E-state index in [4.69, 9.17) is 82.3 Å². The minimum Gasteiger partial charge on any atom is -0.550 e. The summed E-state index contributed by atoms with van der Waals surface area (Å²) in [7, 11) is 0. The molecule has 0 bridgehead atoms. The van der Waals surface area contributed by atoms with Crippen LogP contribution >= 0.6 is 45.3 Å². The Morgan fingerprint density at radius 2 is 0.408 bits per heavy atom. The van der Waals surface area contributed by atoms with Gasteiger partial charge in [-0.3, -0.25) is 38.4 Å². The fourth-order valence-electron chi connectivity index (χ4n) is 7.21. The predicted molar refractivity (Wildman–Crippen MR) is 315 cm³/mol. The van der Waals surface area contributed by atoms with Crippen molar-refractivity contribution in [2.75, 3.05) is 72.0 Å². The first-order valence-electron chi connectivity index (χ1n) is 23.4. The molecule has 0 aliphatic rings. The molecule has 0 unspecified atom stereocenters. The smallest absolute Gasteiger partial charge is 0.550 e. The van der Waals surface area contributed by atoms with Gasteiger partial charge in [-0.1, -0.05) is 0 Å². The second kappa shape index (κ2) is 46.4. The van der Waals surface area contributed by atoms with Crippen LogP contribution in [0, 0.1) is 45.3 Å². The summed E-state index contributed by atoms with van der Waals surface area (Å²) in [5.41, 5.74) is -2.94. The van der Waals surface area contributed by atoms with Gasteiger partial charge in [-0.2, -0.15) is 21.0 Å². The van der Waals surface area contributed by atoms with Crippen LogP contribution in [0.25, 0.3) is 0 Å². The van der Waals surface area contributed by atoms with Gasteiger partial charge in [0.05, 0.1) is 22.3 Å². The van der Waals surface area contributed by atoms with Crippen LogP contribution in [0.3, 0.4) is 0 Å². The van der Waals surface area contributed by atoms with Gasteiger partial charge in [0.2, 0.25) is 0 Å². The standard InChI is InChI=1S/4C12H10N2O8S.4H2O.2Sr/c4*13-2-6-5(1-7(15)16)10(12(21)22)23-11(6)14(3-8(17)18)4-9(19)20;;;;;;/h4*1,3-4H2,(H,15,16)(H,17,18)(H,19,20)(H,21,22);4*1H2;;/q;;;;;;;;2*+2/p-4. The molecule has 4 heterocycles.